The number of amides is 1. The molecule has 4 N–H and O–H groups in total. The third-order valence-corrected chi connectivity index (χ3v) is 3.70. The first-order chi connectivity index (χ1) is 10.7. The minimum absolute atomic E-state index is 0.0213. The summed E-state index contributed by atoms with van der Waals surface area (Å²) in [7, 11) is 0. The van der Waals surface area contributed by atoms with Crippen molar-refractivity contribution in [2.45, 2.75) is 19.5 Å². The van der Waals surface area contributed by atoms with Gasteiger partial charge >= 0.3 is 0 Å². The lowest BCUT2D eigenvalue weighted by Crippen LogP contribution is -2.24. The van der Waals surface area contributed by atoms with E-state index in [0.29, 0.717) is 19.5 Å². The lowest BCUT2D eigenvalue weighted by atomic mass is 10.1. The summed E-state index contributed by atoms with van der Waals surface area (Å²) in [5.74, 6) is 0.0213. The highest BCUT2D eigenvalue weighted by atomic mass is 16.1. The summed E-state index contributed by atoms with van der Waals surface area (Å²) in [6.07, 6.45) is 2.29. The number of fused-ring (bicyclic) bond motifs is 1. The summed E-state index contributed by atoms with van der Waals surface area (Å²) in [6.45, 7) is 1.04. The third-order valence-electron chi connectivity index (χ3n) is 3.70. The Balaban J connectivity index is 1.59. The summed E-state index contributed by atoms with van der Waals surface area (Å²) in [5, 5.41) is 4.08. The Morgan fingerprint density at radius 1 is 1.05 bits per heavy atom. The van der Waals surface area contributed by atoms with Gasteiger partial charge in [0.1, 0.15) is 0 Å². The summed E-state index contributed by atoms with van der Waals surface area (Å²) in [5.41, 5.74) is 9.86. The quantitative estimate of drug-likeness (QED) is 0.676. The number of carbonyl (C=O) groups excluding carboxylic acids is 1. The highest BCUT2D eigenvalue weighted by Gasteiger charge is 2.05. The molecule has 0 atom stereocenters. The van der Waals surface area contributed by atoms with Gasteiger partial charge in [0.2, 0.25) is 5.91 Å². The van der Waals surface area contributed by atoms with Crippen molar-refractivity contribution >= 4 is 16.8 Å². The predicted octanol–water partition coefficient (Wildman–Crippen LogP) is 2.49. The first-order valence-corrected chi connectivity index (χ1v) is 7.35. The van der Waals surface area contributed by atoms with Crippen molar-refractivity contribution in [1.29, 1.82) is 0 Å². The van der Waals surface area contributed by atoms with Crippen LogP contribution in [0.3, 0.4) is 0 Å². The minimum atomic E-state index is 0.0213. The first kappa shape index (κ1) is 14.4. The number of H-pyrrole nitrogens is 1. The molecule has 0 aliphatic rings. The molecule has 4 nitrogen and oxygen atoms in total. The van der Waals surface area contributed by atoms with E-state index in [0.717, 1.165) is 27.6 Å². The van der Waals surface area contributed by atoms with Crippen LogP contribution in [0.1, 0.15) is 16.7 Å². The third kappa shape index (κ3) is 3.35. The molecule has 3 rings (SSSR count). The Hall–Kier alpha value is -2.59. The Morgan fingerprint density at radius 2 is 1.91 bits per heavy atom. The van der Waals surface area contributed by atoms with Gasteiger partial charge in [-0.1, -0.05) is 30.3 Å². The van der Waals surface area contributed by atoms with E-state index in [1.807, 2.05) is 54.7 Å². The number of nitrogens with two attached hydrogens (primary N) is 1. The molecule has 1 aromatic heterocycles. The molecule has 0 radical (unpaired) electrons. The number of hydrogen-bond acceptors (Lipinski definition) is 2. The fourth-order valence-corrected chi connectivity index (χ4v) is 2.53. The molecule has 112 valence electrons. The van der Waals surface area contributed by atoms with Crippen LogP contribution in [0.5, 0.6) is 0 Å². The van der Waals surface area contributed by atoms with Gasteiger partial charge < -0.3 is 16.0 Å². The van der Waals surface area contributed by atoms with E-state index in [1.165, 1.54) is 0 Å². The molecule has 22 heavy (non-hydrogen) atoms. The second kappa shape index (κ2) is 6.45. The van der Waals surface area contributed by atoms with Gasteiger partial charge in [-0.25, -0.2) is 0 Å². The lowest BCUT2D eigenvalue weighted by molar-refractivity contribution is -0.120. The zero-order chi connectivity index (χ0) is 15.4. The van der Waals surface area contributed by atoms with E-state index in [4.69, 9.17) is 5.73 Å². The monoisotopic (exact) mass is 293 g/mol. The second-order valence-corrected chi connectivity index (χ2v) is 5.38. The van der Waals surface area contributed by atoms with Crippen LogP contribution in [-0.2, 0) is 24.3 Å². The van der Waals surface area contributed by atoms with Crippen molar-refractivity contribution in [3.8, 4) is 0 Å². The molecule has 0 aliphatic heterocycles. The number of benzene rings is 2. The number of aromatic amines is 1. The highest BCUT2D eigenvalue weighted by Crippen LogP contribution is 2.14. The van der Waals surface area contributed by atoms with Crippen molar-refractivity contribution in [1.82, 2.24) is 10.3 Å². The van der Waals surface area contributed by atoms with Crippen LogP contribution >= 0.6 is 0 Å². The van der Waals surface area contributed by atoms with Crippen LogP contribution in [0.4, 0.5) is 0 Å². The van der Waals surface area contributed by atoms with E-state index < -0.39 is 0 Å². The van der Waals surface area contributed by atoms with Gasteiger partial charge in [0.05, 0.1) is 6.42 Å². The summed E-state index contributed by atoms with van der Waals surface area (Å²) >= 11 is 0. The molecule has 0 unspecified atom stereocenters. The van der Waals surface area contributed by atoms with E-state index in [2.05, 4.69) is 10.3 Å². The number of aromatic nitrogens is 1. The molecule has 0 spiro atoms. The maximum absolute atomic E-state index is 12.1. The summed E-state index contributed by atoms with van der Waals surface area (Å²) in [4.78, 5) is 15.2. The molecular formula is C18H19N3O. The summed E-state index contributed by atoms with van der Waals surface area (Å²) in [6, 6.07) is 16.0. The van der Waals surface area contributed by atoms with Crippen LogP contribution in [0.2, 0.25) is 0 Å². The average molecular weight is 293 g/mol. The molecule has 3 aromatic rings. The Morgan fingerprint density at radius 3 is 2.77 bits per heavy atom. The van der Waals surface area contributed by atoms with Gasteiger partial charge in [0.25, 0.3) is 0 Å². The Labute approximate surface area is 129 Å². The van der Waals surface area contributed by atoms with Gasteiger partial charge in [0.15, 0.2) is 0 Å². The molecule has 0 saturated heterocycles. The van der Waals surface area contributed by atoms with Crippen LogP contribution in [0.25, 0.3) is 10.9 Å². The highest BCUT2D eigenvalue weighted by molar-refractivity contribution is 5.83. The van der Waals surface area contributed by atoms with E-state index >= 15 is 0 Å². The lowest BCUT2D eigenvalue weighted by Gasteiger charge is -2.07. The molecule has 0 bridgehead atoms. The number of nitrogens with one attached hydrogen (secondary N) is 2. The topological polar surface area (TPSA) is 70.9 Å². The van der Waals surface area contributed by atoms with E-state index in [1.54, 1.807) is 0 Å². The number of rotatable bonds is 5. The molecule has 4 heteroatoms. The Kier molecular flexibility index (Phi) is 4.21. The molecule has 1 heterocycles. The number of hydrogen-bond donors (Lipinski definition) is 3. The van der Waals surface area contributed by atoms with Gasteiger partial charge in [0, 0.05) is 24.8 Å². The van der Waals surface area contributed by atoms with Crippen molar-refractivity contribution in [2.24, 2.45) is 5.73 Å². The second-order valence-electron chi connectivity index (χ2n) is 5.38. The predicted molar refractivity (Wildman–Crippen MR) is 88.2 cm³/mol. The van der Waals surface area contributed by atoms with E-state index in [9.17, 15) is 4.79 Å². The molecule has 1 amide bonds. The van der Waals surface area contributed by atoms with Gasteiger partial charge in [-0.15, -0.1) is 0 Å². The largest absolute Gasteiger partial charge is 0.361 e. The summed E-state index contributed by atoms with van der Waals surface area (Å²) < 4.78 is 0. The number of carbonyl (C=O) groups is 1. The fourth-order valence-electron chi connectivity index (χ4n) is 2.53. The molecule has 2 aromatic carbocycles. The maximum atomic E-state index is 12.1. The van der Waals surface area contributed by atoms with Gasteiger partial charge in [-0.2, -0.15) is 0 Å². The van der Waals surface area contributed by atoms with Crippen molar-refractivity contribution in [2.75, 3.05) is 0 Å². The molecule has 0 saturated carbocycles. The zero-order valence-corrected chi connectivity index (χ0v) is 12.3. The van der Waals surface area contributed by atoms with Gasteiger partial charge in [-0.05, 0) is 40.3 Å². The SMILES string of the molecule is NCc1cccc(CNC(=O)Cc2ccc3[nH]ccc3c2)c1. The standard InChI is InChI=1S/C18H19N3O/c19-11-14-2-1-3-15(8-14)12-21-18(22)10-13-4-5-17-16(9-13)6-7-20-17/h1-9,20H,10-12,19H2,(H,21,22). The average Bonchev–Trinajstić information content (AvgIpc) is 3.01. The molecular weight excluding hydrogens is 274 g/mol. The van der Waals surface area contributed by atoms with Crippen molar-refractivity contribution < 1.29 is 4.79 Å². The van der Waals surface area contributed by atoms with Crippen LogP contribution in [-0.4, -0.2) is 10.9 Å². The van der Waals surface area contributed by atoms with Crippen LogP contribution in [0.15, 0.2) is 54.7 Å². The first-order valence-electron chi connectivity index (χ1n) is 7.35. The fraction of sp³-hybridized carbons (Fsp3) is 0.167. The van der Waals surface area contributed by atoms with Crippen LogP contribution in [0, 0.1) is 0 Å². The minimum Gasteiger partial charge on any atom is -0.361 e. The smallest absolute Gasteiger partial charge is 0.224 e. The Bertz CT molecular complexity index is 792. The normalized spacial score (nSPS) is 10.8. The van der Waals surface area contributed by atoms with E-state index in [-0.39, 0.29) is 5.91 Å². The zero-order valence-electron chi connectivity index (χ0n) is 12.3. The molecule has 0 aliphatic carbocycles. The van der Waals surface area contributed by atoms with Crippen molar-refractivity contribution in [3.63, 3.8) is 0 Å². The van der Waals surface area contributed by atoms with Crippen LogP contribution < -0.4 is 11.1 Å². The van der Waals surface area contributed by atoms with Crippen molar-refractivity contribution in [3.05, 3.63) is 71.4 Å². The molecule has 0 fully saturated rings. The van der Waals surface area contributed by atoms with Gasteiger partial charge in [-0.3, -0.25) is 4.79 Å². The maximum Gasteiger partial charge on any atom is 0.224 e.